The third kappa shape index (κ3) is 4.80. The molecule has 2 N–H and O–H groups in total. The van der Waals surface area contributed by atoms with Gasteiger partial charge in [0.1, 0.15) is 0 Å². The zero-order chi connectivity index (χ0) is 18.2. The van der Waals surface area contributed by atoms with E-state index in [1.54, 1.807) is 6.20 Å². The molecular formula is C21H24N4O. The van der Waals surface area contributed by atoms with Crippen molar-refractivity contribution in [1.29, 1.82) is 0 Å². The third-order valence-electron chi connectivity index (χ3n) is 4.24. The molecule has 0 fully saturated rings. The number of aromatic amines is 1. The molecule has 3 rings (SSSR count). The van der Waals surface area contributed by atoms with Crippen LogP contribution in [-0.2, 0) is 6.54 Å². The van der Waals surface area contributed by atoms with Crippen molar-refractivity contribution in [2.75, 3.05) is 20.1 Å². The van der Waals surface area contributed by atoms with E-state index in [0.717, 1.165) is 30.8 Å². The number of nitrogens with zero attached hydrogens (tertiary/aromatic N) is 2. The predicted octanol–water partition coefficient (Wildman–Crippen LogP) is 3.33. The number of hydrogen-bond acceptors (Lipinski definition) is 3. The number of aromatic nitrogens is 2. The van der Waals surface area contributed by atoms with E-state index in [0.29, 0.717) is 12.1 Å². The second kappa shape index (κ2) is 8.97. The van der Waals surface area contributed by atoms with E-state index in [-0.39, 0.29) is 5.91 Å². The highest BCUT2D eigenvalue weighted by Crippen LogP contribution is 2.20. The maximum Gasteiger partial charge on any atom is 0.255 e. The summed E-state index contributed by atoms with van der Waals surface area (Å²) < 4.78 is 0. The van der Waals surface area contributed by atoms with E-state index >= 15 is 0 Å². The van der Waals surface area contributed by atoms with Crippen molar-refractivity contribution >= 4 is 5.91 Å². The van der Waals surface area contributed by atoms with Gasteiger partial charge in [0, 0.05) is 18.7 Å². The van der Waals surface area contributed by atoms with E-state index in [1.807, 2.05) is 36.4 Å². The van der Waals surface area contributed by atoms with Gasteiger partial charge in [-0.25, -0.2) is 0 Å². The largest absolute Gasteiger partial charge is 0.352 e. The Kier molecular flexibility index (Phi) is 6.17. The Hall–Kier alpha value is -2.92. The fourth-order valence-corrected chi connectivity index (χ4v) is 2.90. The first-order chi connectivity index (χ1) is 12.7. The lowest BCUT2D eigenvalue weighted by atomic mass is 10.1. The average Bonchev–Trinajstić information content (AvgIpc) is 3.16. The summed E-state index contributed by atoms with van der Waals surface area (Å²) in [4.78, 5) is 14.7. The lowest BCUT2D eigenvalue weighted by molar-refractivity contribution is 0.0952. The minimum Gasteiger partial charge on any atom is -0.352 e. The van der Waals surface area contributed by atoms with Crippen LogP contribution in [0.3, 0.4) is 0 Å². The zero-order valence-corrected chi connectivity index (χ0v) is 15.0. The zero-order valence-electron chi connectivity index (χ0n) is 15.0. The Balaban J connectivity index is 1.46. The Morgan fingerprint density at radius 3 is 2.50 bits per heavy atom. The highest BCUT2D eigenvalue weighted by atomic mass is 16.1. The average molecular weight is 348 g/mol. The summed E-state index contributed by atoms with van der Waals surface area (Å²) in [6.07, 6.45) is 2.48. The number of H-pyrrole nitrogens is 1. The van der Waals surface area contributed by atoms with Crippen molar-refractivity contribution in [2.24, 2.45) is 0 Å². The molecule has 0 saturated carbocycles. The first-order valence-corrected chi connectivity index (χ1v) is 8.83. The summed E-state index contributed by atoms with van der Waals surface area (Å²) >= 11 is 0. The van der Waals surface area contributed by atoms with Crippen molar-refractivity contribution in [2.45, 2.75) is 13.0 Å². The molecule has 2 aromatic carbocycles. The fraction of sp³-hybridized carbons (Fsp3) is 0.238. The monoisotopic (exact) mass is 348 g/mol. The first-order valence-electron chi connectivity index (χ1n) is 8.83. The summed E-state index contributed by atoms with van der Waals surface area (Å²) in [6.45, 7) is 2.47. The van der Waals surface area contributed by atoms with Gasteiger partial charge in [-0.3, -0.25) is 9.89 Å². The van der Waals surface area contributed by atoms with Crippen LogP contribution in [0.1, 0.15) is 22.3 Å². The molecular weight excluding hydrogens is 324 g/mol. The van der Waals surface area contributed by atoms with E-state index in [2.05, 4.69) is 51.7 Å². The van der Waals surface area contributed by atoms with Gasteiger partial charge in [-0.15, -0.1) is 0 Å². The molecule has 1 amide bonds. The van der Waals surface area contributed by atoms with Gasteiger partial charge in [0.05, 0.1) is 17.5 Å². The highest BCUT2D eigenvalue weighted by Gasteiger charge is 2.14. The molecule has 5 heteroatoms. The Labute approximate surface area is 154 Å². The fourth-order valence-electron chi connectivity index (χ4n) is 2.90. The van der Waals surface area contributed by atoms with Gasteiger partial charge in [-0.1, -0.05) is 60.7 Å². The molecule has 5 nitrogen and oxygen atoms in total. The molecule has 3 aromatic rings. The maximum atomic E-state index is 12.5. The number of rotatable bonds is 8. The van der Waals surface area contributed by atoms with E-state index < -0.39 is 0 Å². The minimum atomic E-state index is -0.0942. The van der Waals surface area contributed by atoms with Crippen LogP contribution < -0.4 is 5.32 Å². The van der Waals surface area contributed by atoms with Crippen molar-refractivity contribution < 1.29 is 4.79 Å². The van der Waals surface area contributed by atoms with Crippen LogP contribution in [0.25, 0.3) is 11.3 Å². The summed E-state index contributed by atoms with van der Waals surface area (Å²) in [5.74, 6) is -0.0942. The number of nitrogens with one attached hydrogen (secondary N) is 2. The summed E-state index contributed by atoms with van der Waals surface area (Å²) in [7, 11) is 2.10. The molecule has 0 radical (unpaired) electrons. The second-order valence-corrected chi connectivity index (χ2v) is 6.36. The van der Waals surface area contributed by atoms with Crippen LogP contribution in [0, 0.1) is 0 Å². The SMILES string of the molecule is CN(CCCNC(=O)c1cn[nH]c1-c1ccccc1)Cc1ccccc1. The van der Waals surface area contributed by atoms with Crippen molar-refractivity contribution in [3.8, 4) is 11.3 Å². The van der Waals surface area contributed by atoms with Crippen LogP contribution in [-0.4, -0.2) is 41.1 Å². The molecule has 0 aliphatic rings. The van der Waals surface area contributed by atoms with Crippen molar-refractivity contribution in [1.82, 2.24) is 20.4 Å². The molecule has 0 atom stereocenters. The van der Waals surface area contributed by atoms with Crippen molar-refractivity contribution in [3.05, 3.63) is 78.0 Å². The van der Waals surface area contributed by atoms with Crippen LogP contribution in [0.2, 0.25) is 0 Å². The summed E-state index contributed by atoms with van der Waals surface area (Å²) in [5, 5.41) is 9.94. The van der Waals surface area contributed by atoms with E-state index in [1.165, 1.54) is 5.56 Å². The van der Waals surface area contributed by atoms with Crippen LogP contribution in [0.4, 0.5) is 0 Å². The van der Waals surface area contributed by atoms with Gasteiger partial charge in [0.2, 0.25) is 0 Å². The number of amides is 1. The van der Waals surface area contributed by atoms with Gasteiger partial charge >= 0.3 is 0 Å². The number of benzene rings is 2. The number of hydrogen-bond donors (Lipinski definition) is 2. The number of carbonyl (C=O) groups is 1. The molecule has 0 bridgehead atoms. The molecule has 0 aliphatic carbocycles. The normalized spacial score (nSPS) is 10.8. The Bertz CT molecular complexity index is 814. The summed E-state index contributed by atoms with van der Waals surface area (Å²) in [6, 6.07) is 20.2. The first kappa shape index (κ1) is 17.9. The molecule has 1 aromatic heterocycles. The molecule has 26 heavy (non-hydrogen) atoms. The van der Waals surface area contributed by atoms with Gasteiger partial charge < -0.3 is 10.2 Å². The minimum absolute atomic E-state index is 0.0942. The molecule has 1 heterocycles. The van der Waals surface area contributed by atoms with Gasteiger partial charge in [0.15, 0.2) is 0 Å². The maximum absolute atomic E-state index is 12.5. The smallest absolute Gasteiger partial charge is 0.255 e. The van der Waals surface area contributed by atoms with Gasteiger partial charge in [0.25, 0.3) is 5.91 Å². The second-order valence-electron chi connectivity index (χ2n) is 6.36. The van der Waals surface area contributed by atoms with Crippen molar-refractivity contribution in [3.63, 3.8) is 0 Å². The summed E-state index contributed by atoms with van der Waals surface area (Å²) in [5.41, 5.74) is 3.58. The molecule has 134 valence electrons. The highest BCUT2D eigenvalue weighted by molar-refractivity contribution is 5.99. The third-order valence-corrected chi connectivity index (χ3v) is 4.24. The molecule has 0 spiro atoms. The molecule has 0 unspecified atom stereocenters. The van der Waals surface area contributed by atoms with E-state index in [4.69, 9.17) is 0 Å². The van der Waals surface area contributed by atoms with Crippen LogP contribution >= 0.6 is 0 Å². The Morgan fingerprint density at radius 1 is 1.08 bits per heavy atom. The van der Waals surface area contributed by atoms with Crippen LogP contribution in [0.5, 0.6) is 0 Å². The predicted molar refractivity (Wildman–Crippen MR) is 104 cm³/mol. The van der Waals surface area contributed by atoms with E-state index in [9.17, 15) is 4.79 Å². The topological polar surface area (TPSA) is 61.0 Å². The van der Waals surface area contributed by atoms with Gasteiger partial charge in [-0.2, -0.15) is 5.10 Å². The lowest BCUT2D eigenvalue weighted by Crippen LogP contribution is -2.28. The quantitative estimate of drug-likeness (QED) is 0.614. The molecule has 0 aliphatic heterocycles. The number of carbonyl (C=O) groups excluding carboxylic acids is 1. The lowest BCUT2D eigenvalue weighted by Gasteiger charge is -2.16. The van der Waals surface area contributed by atoms with Crippen LogP contribution in [0.15, 0.2) is 66.9 Å². The standard InChI is InChI=1S/C21H24N4O/c1-25(16-17-9-4-2-5-10-17)14-8-13-22-21(26)19-15-23-24-20(19)18-11-6-3-7-12-18/h2-7,9-12,15H,8,13-14,16H2,1H3,(H,22,26)(H,23,24). The van der Waals surface area contributed by atoms with Gasteiger partial charge in [-0.05, 0) is 25.6 Å². The Morgan fingerprint density at radius 2 is 1.77 bits per heavy atom. The molecule has 0 saturated heterocycles.